The van der Waals surface area contributed by atoms with Gasteiger partial charge in [-0.1, -0.05) is 41.4 Å². The zero-order valence-corrected chi connectivity index (χ0v) is 14.0. The predicted octanol–water partition coefficient (Wildman–Crippen LogP) is 3.79. The average molecular weight is 355 g/mol. The number of rotatable bonds is 3. The third-order valence-corrected chi connectivity index (χ3v) is 4.86. The molecule has 114 valence electrons. The van der Waals surface area contributed by atoms with E-state index in [4.69, 9.17) is 23.2 Å². The fourth-order valence-corrected chi connectivity index (χ4v) is 3.61. The van der Waals surface area contributed by atoms with E-state index in [1.807, 2.05) is 18.2 Å². The van der Waals surface area contributed by atoms with Crippen LogP contribution in [-0.2, 0) is 16.4 Å². The number of nitrogens with zero attached hydrogens (tertiary/aromatic N) is 2. The van der Waals surface area contributed by atoms with Crippen LogP contribution >= 0.6 is 23.2 Å². The molecule has 0 fully saturated rings. The van der Waals surface area contributed by atoms with Gasteiger partial charge in [0.05, 0.1) is 17.6 Å². The standard InChI is InChI=1S/C15H12Cl2N2O2S/c1-22(20,21)15-18-13-4-2-3-5-14(13)19(15)9-10-6-7-11(16)8-12(10)17/h2-8H,9H2,1H3. The van der Waals surface area contributed by atoms with Gasteiger partial charge in [-0.15, -0.1) is 0 Å². The maximum absolute atomic E-state index is 12.0. The topological polar surface area (TPSA) is 52.0 Å². The molecule has 2 aromatic carbocycles. The van der Waals surface area contributed by atoms with Gasteiger partial charge in [0, 0.05) is 16.3 Å². The fourth-order valence-electron chi connectivity index (χ4n) is 2.31. The van der Waals surface area contributed by atoms with Crippen molar-refractivity contribution in [3.63, 3.8) is 0 Å². The number of hydrogen-bond donors (Lipinski definition) is 0. The molecule has 3 rings (SSSR count). The highest BCUT2D eigenvalue weighted by molar-refractivity contribution is 7.90. The van der Waals surface area contributed by atoms with Crippen LogP contribution in [0.2, 0.25) is 10.0 Å². The zero-order chi connectivity index (χ0) is 15.9. The summed E-state index contributed by atoms with van der Waals surface area (Å²) in [6.07, 6.45) is 1.15. The second-order valence-electron chi connectivity index (χ2n) is 4.98. The normalized spacial score (nSPS) is 12.0. The lowest BCUT2D eigenvalue weighted by molar-refractivity contribution is 0.581. The molecular weight excluding hydrogens is 343 g/mol. The van der Waals surface area contributed by atoms with Gasteiger partial charge in [0.25, 0.3) is 0 Å². The summed E-state index contributed by atoms with van der Waals surface area (Å²) in [6.45, 7) is 0.304. The zero-order valence-electron chi connectivity index (χ0n) is 11.6. The number of fused-ring (bicyclic) bond motifs is 1. The van der Waals surface area contributed by atoms with Gasteiger partial charge in [0.2, 0.25) is 15.0 Å². The lowest BCUT2D eigenvalue weighted by Gasteiger charge is -2.10. The SMILES string of the molecule is CS(=O)(=O)c1nc2ccccc2n1Cc1ccc(Cl)cc1Cl. The summed E-state index contributed by atoms with van der Waals surface area (Å²) in [5.74, 6) is 0. The van der Waals surface area contributed by atoms with Gasteiger partial charge < -0.3 is 4.57 Å². The molecule has 0 amide bonds. The van der Waals surface area contributed by atoms with Crippen molar-refractivity contribution >= 4 is 44.1 Å². The first-order chi connectivity index (χ1) is 10.4. The van der Waals surface area contributed by atoms with Crippen molar-refractivity contribution in [1.29, 1.82) is 0 Å². The summed E-state index contributed by atoms with van der Waals surface area (Å²) >= 11 is 12.1. The second kappa shape index (κ2) is 5.57. The van der Waals surface area contributed by atoms with Gasteiger partial charge in [-0.05, 0) is 29.8 Å². The molecule has 0 aliphatic heterocycles. The Morgan fingerprint density at radius 3 is 2.55 bits per heavy atom. The van der Waals surface area contributed by atoms with E-state index in [0.29, 0.717) is 22.1 Å². The summed E-state index contributed by atoms with van der Waals surface area (Å²) in [5.41, 5.74) is 2.15. The average Bonchev–Trinajstić information content (AvgIpc) is 2.81. The molecule has 0 saturated heterocycles. The number of aromatic nitrogens is 2. The molecule has 22 heavy (non-hydrogen) atoms. The van der Waals surface area contributed by atoms with E-state index < -0.39 is 9.84 Å². The highest BCUT2D eigenvalue weighted by Gasteiger charge is 2.19. The first kappa shape index (κ1) is 15.3. The molecule has 0 N–H and O–H groups in total. The van der Waals surface area contributed by atoms with E-state index >= 15 is 0 Å². The minimum atomic E-state index is -3.45. The van der Waals surface area contributed by atoms with Gasteiger partial charge in [-0.3, -0.25) is 0 Å². The van der Waals surface area contributed by atoms with Crippen molar-refractivity contribution in [2.24, 2.45) is 0 Å². The number of para-hydroxylation sites is 2. The van der Waals surface area contributed by atoms with Crippen molar-refractivity contribution in [2.45, 2.75) is 11.7 Å². The molecule has 0 aliphatic carbocycles. The third kappa shape index (κ3) is 2.84. The Morgan fingerprint density at radius 2 is 1.86 bits per heavy atom. The van der Waals surface area contributed by atoms with Crippen molar-refractivity contribution in [3.05, 3.63) is 58.1 Å². The van der Waals surface area contributed by atoms with Crippen LogP contribution < -0.4 is 0 Å². The molecule has 0 aliphatic rings. The molecule has 0 atom stereocenters. The highest BCUT2D eigenvalue weighted by atomic mass is 35.5. The second-order valence-corrected chi connectivity index (χ2v) is 7.73. The lowest BCUT2D eigenvalue weighted by Crippen LogP contribution is -2.10. The fraction of sp³-hybridized carbons (Fsp3) is 0.133. The van der Waals surface area contributed by atoms with Gasteiger partial charge >= 0.3 is 0 Å². The first-order valence-electron chi connectivity index (χ1n) is 6.45. The minimum Gasteiger partial charge on any atom is -0.310 e. The summed E-state index contributed by atoms with van der Waals surface area (Å²) in [6, 6.07) is 12.4. The van der Waals surface area contributed by atoms with Crippen molar-refractivity contribution in [1.82, 2.24) is 9.55 Å². The summed E-state index contributed by atoms with van der Waals surface area (Å²) in [5, 5.41) is 1.05. The van der Waals surface area contributed by atoms with E-state index in [2.05, 4.69) is 4.98 Å². The van der Waals surface area contributed by atoms with Crippen LogP contribution in [0.4, 0.5) is 0 Å². The lowest BCUT2D eigenvalue weighted by atomic mass is 10.2. The number of halogens is 2. The molecule has 0 saturated carbocycles. The number of benzene rings is 2. The molecule has 0 radical (unpaired) electrons. The predicted molar refractivity (Wildman–Crippen MR) is 88.4 cm³/mol. The quantitative estimate of drug-likeness (QED) is 0.718. The summed E-state index contributed by atoms with van der Waals surface area (Å²) in [7, 11) is -3.45. The molecule has 0 spiro atoms. The molecule has 1 heterocycles. The Labute approximate surface area is 138 Å². The van der Waals surface area contributed by atoms with E-state index in [9.17, 15) is 8.42 Å². The van der Waals surface area contributed by atoms with E-state index in [0.717, 1.165) is 17.3 Å². The van der Waals surface area contributed by atoms with Gasteiger partial charge in [-0.25, -0.2) is 13.4 Å². The molecule has 3 aromatic rings. The van der Waals surface area contributed by atoms with Crippen LogP contribution in [0.5, 0.6) is 0 Å². The smallest absolute Gasteiger partial charge is 0.228 e. The molecule has 7 heteroatoms. The number of imidazole rings is 1. The Balaban J connectivity index is 2.21. The van der Waals surface area contributed by atoms with Crippen LogP contribution in [0.25, 0.3) is 11.0 Å². The Bertz CT molecular complexity index is 965. The molecule has 1 aromatic heterocycles. The maximum Gasteiger partial charge on any atom is 0.228 e. The Morgan fingerprint density at radius 1 is 1.14 bits per heavy atom. The number of hydrogen-bond acceptors (Lipinski definition) is 3. The largest absolute Gasteiger partial charge is 0.310 e. The third-order valence-electron chi connectivity index (χ3n) is 3.29. The van der Waals surface area contributed by atoms with Crippen LogP contribution in [0, 0.1) is 0 Å². The van der Waals surface area contributed by atoms with Crippen molar-refractivity contribution in [2.75, 3.05) is 6.26 Å². The van der Waals surface area contributed by atoms with Crippen LogP contribution in [0.3, 0.4) is 0 Å². The van der Waals surface area contributed by atoms with Crippen molar-refractivity contribution in [3.8, 4) is 0 Å². The van der Waals surface area contributed by atoms with Gasteiger partial charge in [0.15, 0.2) is 0 Å². The van der Waals surface area contributed by atoms with Crippen LogP contribution in [0.1, 0.15) is 5.56 Å². The summed E-state index contributed by atoms with van der Waals surface area (Å²) in [4.78, 5) is 4.23. The first-order valence-corrected chi connectivity index (χ1v) is 9.10. The van der Waals surface area contributed by atoms with Crippen molar-refractivity contribution < 1.29 is 8.42 Å². The van der Waals surface area contributed by atoms with E-state index in [1.54, 1.807) is 28.8 Å². The Kier molecular flexibility index (Phi) is 3.89. The maximum atomic E-state index is 12.0. The Hall–Kier alpha value is -1.56. The highest BCUT2D eigenvalue weighted by Crippen LogP contribution is 2.25. The van der Waals surface area contributed by atoms with E-state index in [1.165, 1.54) is 0 Å². The van der Waals surface area contributed by atoms with Crippen LogP contribution in [0.15, 0.2) is 47.6 Å². The monoisotopic (exact) mass is 354 g/mol. The van der Waals surface area contributed by atoms with Gasteiger partial charge in [0.1, 0.15) is 0 Å². The molecule has 0 bridgehead atoms. The summed E-state index contributed by atoms with van der Waals surface area (Å²) < 4.78 is 25.7. The van der Waals surface area contributed by atoms with E-state index in [-0.39, 0.29) is 5.16 Å². The molecular formula is C15H12Cl2N2O2S. The molecule has 0 unspecified atom stereocenters. The minimum absolute atomic E-state index is 0.0275. The molecule has 4 nitrogen and oxygen atoms in total. The number of sulfone groups is 1. The van der Waals surface area contributed by atoms with Crippen LogP contribution in [-0.4, -0.2) is 24.2 Å². The van der Waals surface area contributed by atoms with Gasteiger partial charge in [-0.2, -0.15) is 0 Å².